The summed E-state index contributed by atoms with van der Waals surface area (Å²) in [5.74, 6) is 3.35. The molecule has 0 saturated heterocycles. The maximum absolute atomic E-state index is 10.9. The van der Waals surface area contributed by atoms with E-state index in [-0.39, 0.29) is 16.9 Å². The molecule has 1 nitrogen and oxygen atoms in total. The van der Waals surface area contributed by atoms with E-state index >= 15 is 0 Å². The van der Waals surface area contributed by atoms with E-state index in [4.69, 9.17) is 0 Å². The molecule has 5 rings (SSSR count). The van der Waals surface area contributed by atoms with Crippen molar-refractivity contribution in [1.29, 1.82) is 0 Å². The van der Waals surface area contributed by atoms with Crippen molar-refractivity contribution in [1.82, 2.24) is 0 Å². The Labute approximate surface area is 205 Å². The van der Waals surface area contributed by atoms with Crippen molar-refractivity contribution in [2.24, 2.45) is 56.2 Å². The second-order valence-electron chi connectivity index (χ2n) is 15.9. The molecule has 33 heavy (non-hydrogen) atoms. The van der Waals surface area contributed by atoms with Crippen LogP contribution in [0.3, 0.4) is 0 Å². The molecule has 0 aromatic heterocycles. The summed E-state index contributed by atoms with van der Waals surface area (Å²) in [6, 6.07) is 0. The molecule has 0 radical (unpaired) electrons. The normalized spacial score (nSPS) is 51.1. The first-order valence-corrected chi connectivity index (χ1v) is 14.5. The van der Waals surface area contributed by atoms with Crippen molar-refractivity contribution < 1.29 is 5.11 Å². The average Bonchev–Trinajstić information content (AvgIpc) is 3.31. The highest BCUT2D eigenvalue weighted by Crippen LogP contribution is 2.89. The molecule has 0 bridgehead atoms. The Morgan fingerprint density at radius 2 is 1.52 bits per heavy atom. The number of hydrogen-bond donors (Lipinski definition) is 1. The van der Waals surface area contributed by atoms with Gasteiger partial charge in [0.2, 0.25) is 0 Å². The van der Waals surface area contributed by atoms with E-state index in [2.05, 4.69) is 62.0 Å². The van der Waals surface area contributed by atoms with Crippen LogP contribution in [0.15, 0.2) is 12.2 Å². The van der Waals surface area contributed by atoms with Gasteiger partial charge in [-0.25, -0.2) is 0 Å². The highest BCUT2D eigenvalue weighted by atomic mass is 16.3. The highest BCUT2D eigenvalue weighted by Gasteiger charge is 2.82. The number of aliphatic hydroxyl groups is 1. The molecule has 0 amide bonds. The van der Waals surface area contributed by atoms with Crippen molar-refractivity contribution in [2.45, 2.75) is 132 Å². The Bertz CT molecular complexity index is 817. The van der Waals surface area contributed by atoms with Gasteiger partial charge >= 0.3 is 0 Å². The van der Waals surface area contributed by atoms with Crippen LogP contribution in [-0.4, -0.2) is 11.2 Å². The van der Waals surface area contributed by atoms with Crippen LogP contribution in [0.4, 0.5) is 0 Å². The van der Waals surface area contributed by atoms with E-state index in [0.717, 1.165) is 30.1 Å². The molecule has 2 spiro atoms. The predicted molar refractivity (Wildman–Crippen MR) is 140 cm³/mol. The van der Waals surface area contributed by atoms with E-state index in [1.54, 1.807) is 0 Å². The maximum Gasteiger partial charge on any atom is 0.0594 e. The summed E-state index contributed by atoms with van der Waals surface area (Å²) in [5, 5.41) is 10.9. The zero-order valence-electron chi connectivity index (χ0n) is 23.3. The van der Waals surface area contributed by atoms with E-state index in [0.29, 0.717) is 21.7 Å². The van der Waals surface area contributed by atoms with Gasteiger partial charge in [0.1, 0.15) is 0 Å². The highest BCUT2D eigenvalue weighted by molar-refractivity contribution is 5.30. The Morgan fingerprint density at radius 1 is 0.879 bits per heavy atom. The zero-order valence-corrected chi connectivity index (χ0v) is 23.3. The molecule has 0 aromatic rings. The van der Waals surface area contributed by atoms with Crippen LogP contribution in [0.5, 0.6) is 0 Å². The fourth-order valence-corrected chi connectivity index (χ4v) is 11.3. The van der Waals surface area contributed by atoms with Crippen LogP contribution >= 0.6 is 0 Å². The molecule has 188 valence electrons. The quantitative estimate of drug-likeness (QED) is 0.421. The lowest BCUT2D eigenvalue weighted by molar-refractivity contribution is -0.161. The first-order valence-electron chi connectivity index (χ1n) is 14.5. The van der Waals surface area contributed by atoms with Gasteiger partial charge in [0.25, 0.3) is 0 Å². The predicted octanol–water partition coefficient (Wildman–Crippen LogP) is 8.81. The van der Waals surface area contributed by atoms with Gasteiger partial charge in [0.15, 0.2) is 0 Å². The number of rotatable bonds is 4. The van der Waals surface area contributed by atoms with E-state index < -0.39 is 0 Å². The van der Waals surface area contributed by atoms with Crippen LogP contribution in [0.1, 0.15) is 126 Å². The van der Waals surface area contributed by atoms with Crippen molar-refractivity contribution >= 4 is 0 Å². The monoisotopic (exact) mass is 454 g/mol. The van der Waals surface area contributed by atoms with Crippen molar-refractivity contribution in [3.05, 3.63) is 12.2 Å². The summed E-state index contributed by atoms with van der Waals surface area (Å²) >= 11 is 0. The maximum atomic E-state index is 10.9. The van der Waals surface area contributed by atoms with Crippen LogP contribution in [0.2, 0.25) is 0 Å². The third-order valence-corrected chi connectivity index (χ3v) is 13.8. The summed E-state index contributed by atoms with van der Waals surface area (Å²) < 4.78 is 0. The van der Waals surface area contributed by atoms with Gasteiger partial charge in [-0.3, -0.25) is 0 Å². The number of hydrogen-bond acceptors (Lipinski definition) is 1. The van der Waals surface area contributed by atoms with Gasteiger partial charge in [0, 0.05) is 0 Å². The van der Waals surface area contributed by atoms with E-state index in [1.807, 2.05) is 0 Å². The minimum Gasteiger partial charge on any atom is -0.393 e. The molecule has 1 heteroatoms. The summed E-state index contributed by atoms with van der Waals surface area (Å²) in [5.41, 5.74) is 3.98. The Kier molecular flexibility index (Phi) is 5.28. The van der Waals surface area contributed by atoms with Crippen LogP contribution in [0, 0.1) is 56.2 Å². The molecule has 0 unspecified atom stereocenters. The first kappa shape index (κ1) is 24.4. The van der Waals surface area contributed by atoms with Crippen LogP contribution in [-0.2, 0) is 0 Å². The molecule has 9 atom stereocenters. The minimum atomic E-state index is -0.0914. The SMILES string of the molecule is C=C(CC[C@@H](C)[C@H]1CC[C@@]2(C)[C@@H]3CC[C@H]4C(C)(C)[C@@H](O)CC[C@@]45C[C@@]35CC[C@]12C)C(C)(C)C. The van der Waals surface area contributed by atoms with Gasteiger partial charge in [-0.15, -0.1) is 0 Å². The topological polar surface area (TPSA) is 20.2 Å². The second-order valence-corrected chi connectivity index (χ2v) is 15.9. The average molecular weight is 455 g/mol. The number of fused-ring (bicyclic) bond motifs is 2. The lowest BCUT2D eigenvalue weighted by Gasteiger charge is -2.63. The standard InChI is InChI=1S/C32H54O/c1-21(10-11-22(2)27(3,4)5)23-14-16-30(9)25-13-12-24-28(6,7)26(33)15-17-31(24)20-32(25,31)19-18-29(23,30)8/h21,23-26,33H,2,10-20H2,1,3-9H3/t21-,23-,24+,25+,26+,29-,30+,31-,32+/m1/s1. The summed E-state index contributed by atoms with van der Waals surface area (Å²) in [7, 11) is 0. The number of aliphatic hydroxyl groups excluding tert-OH is 1. The second kappa shape index (κ2) is 7.14. The molecule has 0 heterocycles. The largest absolute Gasteiger partial charge is 0.393 e. The first-order chi connectivity index (χ1) is 15.2. The molecule has 5 fully saturated rings. The summed E-state index contributed by atoms with van der Waals surface area (Å²) in [4.78, 5) is 0. The molecule has 5 aliphatic rings. The molecule has 5 saturated carbocycles. The Balaban J connectivity index is 1.37. The third kappa shape index (κ3) is 2.99. The van der Waals surface area contributed by atoms with Gasteiger partial charge in [-0.05, 0) is 127 Å². The zero-order chi connectivity index (χ0) is 24.2. The van der Waals surface area contributed by atoms with E-state index in [1.165, 1.54) is 69.8 Å². The molecule has 1 N–H and O–H groups in total. The number of allylic oxidation sites excluding steroid dienone is 1. The summed E-state index contributed by atoms with van der Waals surface area (Å²) in [6.07, 6.45) is 14.9. The minimum absolute atomic E-state index is 0.0914. The fourth-order valence-electron chi connectivity index (χ4n) is 11.3. The Morgan fingerprint density at radius 3 is 2.18 bits per heavy atom. The van der Waals surface area contributed by atoms with Gasteiger partial charge < -0.3 is 5.11 Å². The molecule has 0 aliphatic heterocycles. The molecular formula is C32H54O. The van der Waals surface area contributed by atoms with Gasteiger partial charge in [-0.2, -0.15) is 0 Å². The molecular weight excluding hydrogens is 400 g/mol. The third-order valence-electron chi connectivity index (χ3n) is 13.8. The lowest BCUT2D eigenvalue weighted by atomic mass is 9.41. The van der Waals surface area contributed by atoms with Crippen LogP contribution in [0.25, 0.3) is 0 Å². The van der Waals surface area contributed by atoms with E-state index in [9.17, 15) is 5.11 Å². The molecule has 0 aromatic carbocycles. The fraction of sp³-hybridized carbons (Fsp3) is 0.938. The molecule has 5 aliphatic carbocycles. The van der Waals surface area contributed by atoms with Gasteiger partial charge in [0.05, 0.1) is 6.10 Å². The Hall–Kier alpha value is -0.300. The van der Waals surface area contributed by atoms with Crippen molar-refractivity contribution in [3.63, 3.8) is 0 Å². The summed E-state index contributed by atoms with van der Waals surface area (Å²) in [6.45, 7) is 24.2. The van der Waals surface area contributed by atoms with Gasteiger partial charge in [-0.1, -0.05) is 67.5 Å². The smallest absolute Gasteiger partial charge is 0.0594 e. The van der Waals surface area contributed by atoms with Crippen LogP contribution < -0.4 is 0 Å². The van der Waals surface area contributed by atoms with Crippen molar-refractivity contribution in [3.8, 4) is 0 Å². The van der Waals surface area contributed by atoms with Crippen molar-refractivity contribution in [2.75, 3.05) is 0 Å². The lowest BCUT2D eigenvalue weighted by Crippen LogP contribution is -2.57.